The summed E-state index contributed by atoms with van der Waals surface area (Å²) in [6.45, 7) is -1.52. The highest BCUT2D eigenvalue weighted by molar-refractivity contribution is 7.89. The first-order valence-electron chi connectivity index (χ1n) is 9.80. The van der Waals surface area contributed by atoms with Gasteiger partial charge < -0.3 is 10.1 Å². The van der Waals surface area contributed by atoms with Crippen LogP contribution in [0, 0.1) is 23.1 Å². The first-order valence-corrected chi connectivity index (χ1v) is 11.2. The molecule has 1 aliphatic heterocycles. The van der Waals surface area contributed by atoms with Gasteiger partial charge in [-0.25, -0.2) is 12.8 Å². The zero-order chi connectivity index (χ0) is 24.2. The fourth-order valence-electron chi connectivity index (χ4n) is 3.38. The van der Waals surface area contributed by atoms with Crippen LogP contribution in [0.4, 0.5) is 23.2 Å². The van der Waals surface area contributed by atoms with Crippen molar-refractivity contribution in [3.8, 4) is 11.8 Å². The van der Waals surface area contributed by atoms with E-state index in [1.165, 1.54) is 30.3 Å². The van der Waals surface area contributed by atoms with Crippen LogP contribution in [-0.2, 0) is 14.8 Å². The molecule has 1 N–H and O–H groups in total. The van der Waals surface area contributed by atoms with Gasteiger partial charge in [-0.15, -0.1) is 0 Å². The largest absolute Gasteiger partial charge is 0.483 e. The highest BCUT2D eigenvalue weighted by atomic mass is 32.2. The number of benzene rings is 2. The van der Waals surface area contributed by atoms with Crippen LogP contribution >= 0.6 is 0 Å². The van der Waals surface area contributed by atoms with Gasteiger partial charge in [0, 0.05) is 24.7 Å². The van der Waals surface area contributed by atoms with Gasteiger partial charge in [0.15, 0.2) is 6.61 Å². The van der Waals surface area contributed by atoms with Crippen molar-refractivity contribution in [2.45, 2.75) is 23.9 Å². The van der Waals surface area contributed by atoms with E-state index in [0.29, 0.717) is 0 Å². The number of carbonyl (C=O) groups excluding carboxylic acids is 1. The molecular weight excluding hydrogens is 466 g/mol. The Morgan fingerprint density at radius 2 is 1.85 bits per heavy atom. The van der Waals surface area contributed by atoms with Gasteiger partial charge in [-0.1, -0.05) is 12.1 Å². The predicted molar refractivity (Wildman–Crippen MR) is 109 cm³/mol. The van der Waals surface area contributed by atoms with E-state index in [2.05, 4.69) is 10.1 Å². The summed E-state index contributed by atoms with van der Waals surface area (Å²) in [5.74, 6) is -2.08. The fourth-order valence-corrected chi connectivity index (χ4v) is 4.91. The molecule has 1 amide bonds. The number of rotatable bonds is 6. The molecule has 12 heteroatoms. The average molecular weight is 485 g/mol. The van der Waals surface area contributed by atoms with E-state index in [1.807, 2.05) is 0 Å². The molecule has 1 heterocycles. The molecule has 1 fully saturated rings. The van der Waals surface area contributed by atoms with Crippen molar-refractivity contribution in [1.29, 1.82) is 5.26 Å². The minimum Gasteiger partial charge on any atom is -0.483 e. The maximum absolute atomic E-state index is 13.9. The summed E-state index contributed by atoms with van der Waals surface area (Å²) in [6, 6.07) is 10.4. The van der Waals surface area contributed by atoms with Gasteiger partial charge >= 0.3 is 6.18 Å². The maximum Gasteiger partial charge on any atom is 0.422 e. The molecule has 2 aromatic rings. The van der Waals surface area contributed by atoms with Crippen molar-refractivity contribution in [2.75, 3.05) is 25.0 Å². The van der Waals surface area contributed by atoms with Crippen LogP contribution in [0.1, 0.15) is 18.4 Å². The van der Waals surface area contributed by atoms with Crippen molar-refractivity contribution < 1.29 is 35.5 Å². The molecule has 0 saturated carbocycles. The lowest BCUT2D eigenvalue weighted by molar-refractivity contribution is -0.153. The summed E-state index contributed by atoms with van der Waals surface area (Å²) in [4.78, 5) is 12.2. The lowest BCUT2D eigenvalue weighted by atomic mass is 9.97. The van der Waals surface area contributed by atoms with Gasteiger partial charge in [0.1, 0.15) is 22.5 Å². The Morgan fingerprint density at radius 1 is 1.18 bits per heavy atom. The third-order valence-corrected chi connectivity index (χ3v) is 6.97. The molecule has 0 aromatic heterocycles. The molecule has 2 aromatic carbocycles. The number of nitrogens with zero attached hydrogens (tertiary/aromatic N) is 2. The van der Waals surface area contributed by atoms with Crippen LogP contribution in [0.25, 0.3) is 0 Å². The highest BCUT2D eigenvalue weighted by Gasteiger charge is 2.33. The quantitative estimate of drug-likeness (QED) is 0.630. The average Bonchev–Trinajstić information content (AvgIpc) is 2.77. The number of amides is 1. The van der Waals surface area contributed by atoms with Crippen molar-refractivity contribution in [3.63, 3.8) is 0 Å². The van der Waals surface area contributed by atoms with Crippen molar-refractivity contribution in [2.24, 2.45) is 5.92 Å². The third-order valence-electron chi connectivity index (χ3n) is 5.04. The first kappa shape index (κ1) is 24.5. The highest BCUT2D eigenvalue weighted by Crippen LogP contribution is 2.28. The third kappa shape index (κ3) is 6.00. The van der Waals surface area contributed by atoms with E-state index in [1.54, 1.807) is 6.07 Å². The molecule has 3 rings (SSSR count). The lowest BCUT2D eigenvalue weighted by Crippen LogP contribution is -2.41. The Balaban J connectivity index is 1.61. The van der Waals surface area contributed by atoms with Gasteiger partial charge in [-0.05, 0) is 43.2 Å². The fraction of sp³-hybridized carbons (Fsp3) is 0.333. The molecule has 0 unspecified atom stereocenters. The van der Waals surface area contributed by atoms with Crippen molar-refractivity contribution in [3.05, 3.63) is 53.8 Å². The zero-order valence-corrected chi connectivity index (χ0v) is 17.9. The molecule has 0 atom stereocenters. The van der Waals surface area contributed by atoms with Crippen LogP contribution in [0.5, 0.6) is 5.75 Å². The molecular formula is C21H19F4N3O4S. The monoisotopic (exact) mass is 485 g/mol. The van der Waals surface area contributed by atoms with E-state index in [9.17, 15) is 30.8 Å². The topological polar surface area (TPSA) is 99.5 Å². The smallest absolute Gasteiger partial charge is 0.422 e. The number of nitriles is 1. The summed E-state index contributed by atoms with van der Waals surface area (Å²) < 4.78 is 82.0. The second-order valence-electron chi connectivity index (χ2n) is 7.32. The molecule has 7 nitrogen and oxygen atoms in total. The van der Waals surface area contributed by atoms with Crippen molar-refractivity contribution >= 4 is 21.6 Å². The van der Waals surface area contributed by atoms with Gasteiger partial charge in [0.2, 0.25) is 15.9 Å². The molecule has 1 saturated heterocycles. The maximum atomic E-state index is 13.9. The van der Waals surface area contributed by atoms with E-state index in [0.717, 1.165) is 16.4 Å². The summed E-state index contributed by atoms with van der Waals surface area (Å²) in [7, 11) is -4.03. The molecule has 1 aliphatic rings. The first-order chi connectivity index (χ1) is 15.5. The summed E-state index contributed by atoms with van der Waals surface area (Å²) in [5, 5.41) is 11.7. The second-order valence-corrected chi connectivity index (χ2v) is 9.23. The van der Waals surface area contributed by atoms with Crippen LogP contribution in [0.15, 0.2) is 47.4 Å². The van der Waals surface area contributed by atoms with E-state index in [-0.39, 0.29) is 42.9 Å². The van der Waals surface area contributed by atoms with Gasteiger partial charge in [0.05, 0.1) is 5.56 Å². The molecule has 0 bridgehead atoms. The number of ether oxygens (including phenoxy) is 1. The Labute approximate surface area is 187 Å². The van der Waals surface area contributed by atoms with E-state index < -0.39 is 45.3 Å². The number of piperidine rings is 1. The normalized spacial score (nSPS) is 15.6. The number of anilines is 1. The zero-order valence-electron chi connectivity index (χ0n) is 17.1. The second kappa shape index (κ2) is 9.76. The van der Waals surface area contributed by atoms with Crippen LogP contribution in [0.2, 0.25) is 0 Å². The Kier molecular flexibility index (Phi) is 7.24. The number of hydrogen-bond acceptors (Lipinski definition) is 5. The molecule has 0 aliphatic carbocycles. The van der Waals surface area contributed by atoms with Gasteiger partial charge in [0.25, 0.3) is 0 Å². The summed E-state index contributed by atoms with van der Waals surface area (Å²) in [5.41, 5.74) is 0.0140. The Bertz CT molecular complexity index is 1170. The number of carbonyl (C=O) groups is 1. The predicted octanol–water partition coefficient (Wildman–Crippen LogP) is 3.68. The van der Waals surface area contributed by atoms with Crippen LogP contribution in [-0.4, -0.2) is 44.5 Å². The molecule has 33 heavy (non-hydrogen) atoms. The van der Waals surface area contributed by atoms with E-state index in [4.69, 9.17) is 5.26 Å². The number of alkyl halides is 3. The SMILES string of the molecule is N#Cc1cc(NC(=O)C2CCN(S(=O)(=O)c3ccccc3F)CC2)ccc1OCC(F)(F)F. The number of sulfonamides is 1. The Hall–Kier alpha value is -3.17. The summed E-state index contributed by atoms with van der Waals surface area (Å²) in [6.07, 6.45) is -4.18. The van der Waals surface area contributed by atoms with Crippen molar-refractivity contribution in [1.82, 2.24) is 4.31 Å². The number of nitrogens with one attached hydrogen (secondary N) is 1. The van der Waals surface area contributed by atoms with Crippen LogP contribution < -0.4 is 10.1 Å². The molecule has 0 spiro atoms. The van der Waals surface area contributed by atoms with E-state index >= 15 is 0 Å². The minimum atomic E-state index is -4.56. The van der Waals surface area contributed by atoms with Gasteiger partial charge in [-0.2, -0.15) is 22.7 Å². The summed E-state index contributed by atoms with van der Waals surface area (Å²) >= 11 is 0. The van der Waals surface area contributed by atoms with Gasteiger partial charge in [-0.3, -0.25) is 4.79 Å². The van der Waals surface area contributed by atoms with Crippen LogP contribution in [0.3, 0.4) is 0 Å². The molecule has 0 radical (unpaired) electrons. The number of hydrogen-bond donors (Lipinski definition) is 1. The standard InChI is InChI=1S/C21H19F4N3O4S/c22-17-3-1-2-4-19(17)33(30,31)28-9-7-14(8-10-28)20(29)27-16-5-6-18(15(11-16)12-26)32-13-21(23,24)25/h1-6,11,14H,7-10,13H2,(H,27,29). The molecule has 176 valence electrons. The Morgan fingerprint density at radius 3 is 2.45 bits per heavy atom. The number of halogens is 4. The lowest BCUT2D eigenvalue weighted by Gasteiger charge is -2.30. The minimum absolute atomic E-state index is 0.0163.